The lowest BCUT2D eigenvalue weighted by atomic mass is 10.0. The highest BCUT2D eigenvalue weighted by Gasteiger charge is 2.29. The molecule has 9 nitrogen and oxygen atoms in total. The summed E-state index contributed by atoms with van der Waals surface area (Å²) in [6, 6.07) is 19.5. The van der Waals surface area contributed by atoms with E-state index in [2.05, 4.69) is 31.0 Å². The maximum Gasteiger partial charge on any atom is 0.272 e. The molecule has 0 fully saturated rings. The largest absolute Gasteiger partial charge is 0.497 e. The molecular formula is C25H18Cl3N7O2. The minimum absolute atomic E-state index is 0.0888. The van der Waals surface area contributed by atoms with Crippen LogP contribution in [0.1, 0.15) is 16.1 Å². The zero-order valence-corrected chi connectivity index (χ0v) is 21.5. The zero-order valence-electron chi connectivity index (χ0n) is 19.2. The smallest absolute Gasteiger partial charge is 0.272 e. The van der Waals surface area contributed by atoms with Gasteiger partial charge in [-0.2, -0.15) is 10.3 Å². The van der Waals surface area contributed by atoms with E-state index in [9.17, 15) is 4.79 Å². The standard InChI is InChI=1S/C25H18Cl3N7O2/c1-37-18-9-2-14(3-10-18)13-29-25(36)22-21(24-30-33-34-31-24)23(15-4-6-16(26)7-5-15)35(32-22)20-11-8-17(27)12-19(20)28/h2-12H,13H2,1H3,(H,29,36)(H,30,31,33,34). The first-order valence-electron chi connectivity index (χ1n) is 10.9. The number of hydrogen-bond donors (Lipinski definition) is 2. The van der Waals surface area contributed by atoms with Crippen molar-refractivity contribution in [3.05, 3.63) is 93.1 Å². The van der Waals surface area contributed by atoms with Crippen molar-refractivity contribution >= 4 is 40.7 Å². The lowest BCUT2D eigenvalue weighted by Crippen LogP contribution is -2.24. The second kappa shape index (κ2) is 10.6. The van der Waals surface area contributed by atoms with Gasteiger partial charge in [0.1, 0.15) is 5.75 Å². The van der Waals surface area contributed by atoms with Gasteiger partial charge in [0.15, 0.2) is 5.69 Å². The summed E-state index contributed by atoms with van der Waals surface area (Å²) in [5.41, 5.74) is 3.08. The Morgan fingerprint density at radius 3 is 2.38 bits per heavy atom. The van der Waals surface area contributed by atoms with E-state index in [0.717, 1.165) is 11.3 Å². The summed E-state index contributed by atoms with van der Waals surface area (Å²) >= 11 is 18.8. The molecule has 0 spiro atoms. The third kappa shape index (κ3) is 5.15. The van der Waals surface area contributed by atoms with Gasteiger partial charge in [0.25, 0.3) is 5.91 Å². The lowest BCUT2D eigenvalue weighted by molar-refractivity contribution is 0.0946. The number of halogens is 3. The van der Waals surface area contributed by atoms with Crippen LogP contribution in [0.25, 0.3) is 28.3 Å². The molecule has 0 atom stereocenters. The van der Waals surface area contributed by atoms with Gasteiger partial charge in [-0.15, -0.1) is 10.2 Å². The topological polar surface area (TPSA) is 111 Å². The van der Waals surface area contributed by atoms with Crippen LogP contribution in [-0.2, 0) is 6.54 Å². The van der Waals surface area contributed by atoms with Crippen molar-refractivity contribution in [3.8, 4) is 34.1 Å². The molecule has 0 saturated heterocycles. The number of ether oxygens (including phenoxy) is 1. The number of amides is 1. The number of nitrogens with zero attached hydrogens (tertiary/aromatic N) is 5. The molecule has 2 aromatic heterocycles. The minimum Gasteiger partial charge on any atom is -0.497 e. The van der Waals surface area contributed by atoms with E-state index in [1.54, 1.807) is 42.1 Å². The number of benzene rings is 3. The fourth-order valence-electron chi connectivity index (χ4n) is 3.77. The monoisotopic (exact) mass is 553 g/mol. The van der Waals surface area contributed by atoms with Gasteiger partial charge < -0.3 is 10.1 Å². The molecule has 0 radical (unpaired) electrons. The summed E-state index contributed by atoms with van der Waals surface area (Å²) in [4.78, 5) is 13.5. The van der Waals surface area contributed by atoms with Crippen molar-refractivity contribution < 1.29 is 9.53 Å². The minimum atomic E-state index is -0.435. The SMILES string of the molecule is COc1ccc(CNC(=O)c2nn(-c3ccc(Cl)cc3Cl)c(-c3ccc(Cl)cc3)c2-c2nn[nH]n2)cc1. The van der Waals surface area contributed by atoms with Gasteiger partial charge >= 0.3 is 0 Å². The molecule has 0 unspecified atom stereocenters. The molecule has 37 heavy (non-hydrogen) atoms. The molecule has 1 amide bonds. The number of carbonyl (C=O) groups excluding carboxylic acids is 1. The average molecular weight is 555 g/mol. The van der Waals surface area contributed by atoms with Gasteiger partial charge in [-0.25, -0.2) is 4.68 Å². The highest BCUT2D eigenvalue weighted by atomic mass is 35.5. The van der Waals surface area contributed by atoms with Crippen molar-refractivity contribution in [1.29, 1.82) is 0 Å². The maximum atomic E-state index is 13.5. The molecule has 2 heterocycles. The lowest BCUT2D eigenvalue weighted by Gasteiger charge is -2.11. The third-order valence-corrected chi connectivity index (χ3v) is 6.33. The Labute approximate surface area is 226 Å². The van der Waals surface area contributed by atoms with Gasteiger partial charge in [-0.3, -0.25) is 4.79 Å². The fourth-order valence-corrected chi connectivity index (χ4v) is 4.38. The number of hydrogen-bond acceptors (Lipinski definition) is 6. The van der Waals surface area contributed by atoms with Crippen molar-refractivity contribution in [2.45, 2.75) is 6.54 Å². The number of nitrogens with one attached hydrogen (secondary N) is 2. The summed E-state index contributed by atoms with van der Waals surface area (Å²) in [7, 11) is 1.60. The molecule has 12 heteroatoms. The Morgan fingerprint density at radius 2 is 1.73 bits per heavy atom. The first kappa shape index (κ1) is 24.8. The first-order chi connectivity index (χ1) is 17.9. The highest BCUT2D eigenvalue weighted by Crippen LogP contribution is 2.37. The fraction of sp³-hybridized carbons (Fsp3) is 0.0800. The van der Waals surface area contributed by atoms with Crippen molar-refractivity contribution in [2.75, 3.05) is 7.11 Å². The Hall–Kier alpha value is -3.92. The summed E-state index contributed by atoms with van der Waals surface area (Å²) in [5.74, 6) is 0.478. The van der Waals surface area contributed by atoms with Crippen LogP contribution >= 0.6 is 34.8 Å². The van der Waals surface area contributed by atoms with Gasteiger partial charge in [0.05, 0.1) is 29.1 Å². The highest BCUT2D eigenvalue weighted by molar-refractivity contribution is 6.35. The van der Waals surface area contributed by atoms with E-state index in [0.29, 0.717) is 37.6 Å². The summed E-state index contributed by atoms with van der Waals surface area (Å²) in [5, 5.41) is 23.4. The number of tetrazole rings is 1. The third-order valence-electron chi connectivity index (χ3n) is 5.54. The molecule has 186 valence electrons. The van der Waals surface area contributed by atoms with Crippen LogP contribution in [0.15, 0.2) is 66.7 Å². The molecule has 0 bridgehead atoms. The average Bonchev–Trinajstić information content (AvgIpc) is 3.56. The Kier molecular flexibility index (Phi) is 7.09. The first-order valence-corrected chi connectivity index (χ1v) is 12.1. The Morgan fingerprint density at radius 1 is 1.00 bits per heavy atom. The Balaban J connectivity index is 1.65. The van der Waals surface area contributed by atoms with E-state index >= 15 is 0 Å². The predicted octanol–water partition coefficient (Wildman–Crippen LogP) is 5.62. The van der Waals surface area contributed by atoms with Crippen molar-refractivity contribution in [1.82, 2.24) is 35.7 Å². The maximum absolute atomic E-state index is 13.5. The van der Waals surface area contributed by atoms with Gasteiger partial charge in [-0.1, -0.05) is 59.1 Å². The molecule has 0 aliphatic carbocycles. The van der Waals surface area contributed by atoms with Crippen LogP contribution in [0.5, 0.6) is 5.75 Å². The molecule has 0 aliphatic heterocycles. The summed E-state index contributed by atoms with van der Waals surface area (Å²) in [6.45, 7) is 0.263. The van der Waals surface area contributed by atoms with Crippen LogP contribution in [0.4, 0.5) is 0 Å². The number of rotatable bonds is 7. The van der Waals surface area contributed by atoms with E-state index in [4.69, 9.17) is 39.5 Å². The van der Waals surface area contributed by atoms with Gasteiger partial charge in [0.2, 0.25) is 5.82 Å². The van der Waals surface area contributed by atoms with Crippen LogP contribution in [0, 0.1) is 0 Å². The Bertz CT molecular complexity index is 1550. The summed E-state index contributed by atoms with van der Waals surface area (Å²) < 4.78 is 6.76. The quantitative estimate of drug-likeness (QED) is 0.270. The number of carbonyl (C=O) groups is 1. The van der Waals surface area contributed by atoms with Crippen molar-refractivity contribution in [3.63, 3.8) is 0 Å². The number of aromatic amines is 1. The second-order valence-electron chi connectivity index (χ2n) is 7.85. The van der Waals surface area contributed by atoms with Crippen LogP contribution < -0.4 is 10.1 Å². The molecule has 0 aliphatic rings. The second-order valence-corrected chi connectivity index (χ2v) is 9.13. The molecule has 3 aromatic carbocycles. The zero-order chi connectivity index (χ0) is 25.9. The van der Waals surface area contributed by atoms with Gasteiger partial charge in [0, 0.05) is 22.2 Å². The van der Waals surface area contributed by atoms with E-state index in [-0.39, 0.29) is 18.1 Å². The number of H-pyrrole nitrogens is 1. The van der Waals surface area contributed by atoms with E-state index in [1.165, 1.54) is 0 Å². The molecule has 2 N–H and O–H groups in total. The van der Waals surface area contributed by atoms with Crippen molar-refractivity contribution in [2.24, 2.45) is 0 Å². The number of methoxy groups -OCH3 is 1. The van der Waals surface area contributed by atoms with E-state index in [1.807, 2.05) is 36.4 Å². The molecule has 5 aromatic rings. The van der Waals surface area contributed by atoms with Crippen LogP contribution in [-0.4, -0.2) is 43.4 Å². The summed E-state index contributed by atoms with van der Waals surface area (Å²) in [6.07, 6.45) is 0. The number of aromatic nitrogens is 6. The van der Waals surface area contributed by atoms with Crippen LogP contribution in [0.2, 0.25) is 15.1 Å². The molecule has 5 rings (SSSR count). The predicted molar refractivity (Wildman–Crippen MR) is 141 cm³/mol. The van der Waals surface area contributed by atoms with E-state index < -0.39 is 5.91 Å². The van der Waals surface area contributed by atoms with Crippen LogP contribution in [0.3, 0.4) is 0 Å². The molecular weight excluding hydrogens is 537 g/mol. The van der Waals surface area contributed by atoms with Gasteiger partial charge in [-0.05, 0) is 53.2 Å². The molecule has 0 saturated carbocycles. The normalized spacial score (nSPS) is 10.9.